The number of nitrogens with zero attached hydrogens (tertiary/aromatic N) is 1. The van der Waals surface area contributed by atoms with Crippen molar-refractivity contribution in [2.75, 3.05) is 0 Å². The molecular weight excluding hydrogens is 481 g/mol. The fourth-order valence-corrected chi connectivity index (χ4v) is 6.47. The quantitative estimate of drug-likeness (QED) is 0.320. The Labute approximate surface area is 205 Å². The second kappa shape index (κ2) is 10.6. The Morgan fingerprint density at radius 2 is 1.34 bits per heavy atom. The van der Waals surface area contributed by atoms with E-state index in [4.69, 9.17) is 0 Å². The van der Waals surface area contributed by atoms with Gasteiger partial charge in [-0.25, -0.2) is 0 Å². The van der Waals surface area contributed by atoms with E-state index in [1.165, 1.54) is 36.8 Å². The van der Waals surface area contributed by atoms with Crippen LogP contribution in [0.15, 0.2) is 51.2 Å². The molecule has 0 amide bonds. The summed E-state index contributed by atoms with van der Waals surface area (Å²) in [5.41, 5.74) is 4.50. The van der Waals surface area contributed by atoms with Crippen molar-refractivity contribution in [3.05, 3.63) is 69.2 Å². The van der Waals surface area contributed by atoms with Crippen LogP contribution in [0.2, 0.25) is 0 Å². The molecule has 3 nitrogen and oxygen atoms in total. The van der Waals surface area contributed by atoms with Gasteiger partial charge in [-0.3, -0.25) is 9.59 Å². The zero-order valence-electron chi connectivity index (χ0n) is 18.2. The molecule has 2 saturated carbocycles. The summed E-state index contributed by atoms with van der Waals surface area (Å²) in [5, 5.41) is 0. The van der Waals surface area contributed by atoms with Gasteiger partial charge in [0.15, 0.2) is 11.6 Å². The third kappa shape index (κ3) is 4.86. The maximum absolute atomic E-state index is 12.2. The van der Waals surface area contributed by atoms with Gasteiger partial charge in [0.25, 0.3) is 0 Å². The monoisotopic (exact) mass is 508 g/mol. The Balaban J connectivity index is 0.000000137. The van der Waals surface area contributed by atoms with Crippen molar-refractivity contribution in [3.8, 4) is 0 Å². The standard InChI is InChI=1S/C13H13BrO.C13H14O.BHNS/c14-10-5-4-9-6-8-2-1-3-11(8)13(15)12(9)7-10;14-13-11-6-2-1-4-9(11)8-10-5-3-7-12(10)13;1-2-3/h4-5,7-8,11H,1-3,6H2;1-2,4,6,10,12H,3,5,7-8H2;3H. The molecule has 0 aromatic heterocycles. The molecule has 4 atom stereocenters. The van der Waals surface area contributed by atoms with Crippen molar-refractivity contribution >= 4 is 47.9 Å². The Bertz CT molecular complexity index is 1030. The average molecular weight is 509 g/mol. The van der Waals surface area contributed by atoms with Crippen LogP contribution in [-0.4, -0.2) is 19.2 Å². The predicted octanol–water partition coefficient (Wildman–Crippen LogP) is 6.63. The van der Waals surface area contributed by atoms with Crippen LogP contribution in [0.1, 0.15) is 70.4 Å². The summed E-state index contributed by atoms with van der Waals surface area (Å²) in [6, 6.07) is 14.3. The molecule has 0 bridgehead atoms. The molecule has 0 heterocycles. The SMILES string of the molecule is O=C1c2cc(Br)ccc2CC2CCCC12.O=C1c2ccccc2CC2CCCC12.[B]=NS. The number of hydrogen-bond donors (Lipinski definition) is 1. The molecule has 4 aliphatic carbocycles. The fourth-order valence-electron chi connectivity index (χ4n) is 6.11. The van der Waals surface area contributed by atoms with Crippen LogP contribution in [-0.2, 0) is 12.8 Å². The van der Waals surface area contributed by atoms with Crippen LogP contribution < -0.4 is 0 Å². The van der Waals surface area contributed by atoms with Crippen LogP contribution >= 0.6 is 28.7 Å². The fraction of sp³-hybridized carbons (Fsp3) is 0.462. The van der Waals surface area contributed by atoms with Gasteiger partial charge in [0.1, 0.15) is 0 Å². The van der Waals surface area contributed by atoms with Crippen molar-refractivity contribution in [1.29, 1.82) is 0 Å². The summed E-state index contributed by atoms with van der Waals surface area (Å²) < 4.78 is 3.71. The van der Waals surface area contributed by atoms with Crippen LogP contribution in [0.4, 0.5) is 0 Å². The van der Waals surface area contributed by atoms with Crippen molar-refractivity contribution < 1.29 is 9.59 Å². The van der Waals surface area contributed by atoms with E-state index in [1.54, 1.807) is 0 Å². The molecule has 2 aromatic carbocycles. The average Bonchev–Trinajstić information content (AvgIpc) is 3.45. The van der Waals surface area contributed by atoms with E-state index >= 15 is 0 Å². The van der Waals surface area contributed by atoms with Gasteiger partial charge in [0, 0.05) is 27.4 Å². The molecule has 0 spiro atoms. The van der Waals surface area contributed by atoms with E-state index < -0.39 is 0 Å². The van der Waals surface area contributed by atoms with Gasteiger partial charge in [0.2, 0.25) is 0 Å². The summed E-state index contributed by atoms with van der Waals surface area (Å²) >= 11 is 6.63. The first-order chi connectivity index (χ1) is 15.5. The molecule has 0 saturated heterocycles. The first kappa shape index (κ1) is 23.6. The molecule has 32 heavy (non-hydrogen) atoms. The number of carbonyl (C=O) groups is 2. The number of hydrogen-bond acceptors (Lipinski definition) is 4. The van der Waals surface area contributed by atoms with Crippen LogP contribution in [0, 0.1) is 23.7 Å². The normalized spacial score (nSPS) is 26.9. The molecule has 2 aromatic rings. The van der Waals surface area contributed by atoms with Crippen molar-refractivity contribution in [2.45, 2.75) is 51.4 Å². The number of rotatable bonds is 0. The topological polar surface area (TPSA) is 46.5 Å². The first-order valence-electron chi connectivity index (χ1n) is 11.5. The van der Waals surface area contributed by atoms with E-state index in [9.17, 15) is 9.59 Å². The predicted molar refractivity (Wildman–Crippen MR) is 135 cm³/mol. The molecule has 6 rings (SSSR count). The molecule has 165 valence electrons. The van der Waals surface area contributed by atoms with Crippen LogP contribution in [0.3, 0.4) is 0 Å². The third-order valence-corrected chi connectivity index (χ3v) is 8.07. The van der Waals surface area contributed by atoms with E-state index in [-0.39, 0.29) is 0 Å². The Kier molecular flexibility index (Phi) is 7.83. The minimum absolute atomic E-state index is 0.326. The summed E-state index contributed by atoms with van der Waals surface area (Å²) in [5.74, 6) is 2.76. The Morgan fingerprint density at radius 3 is 1.97 bits per heavy atom. The van der Waals surface area contributed by atoms with E-state index in [1.807, 2.05) is 30.3 Å². The van der Waals surface area contributed by atoms with Crippen molar-refractivity contribution in [3.63, 3.8) is 0 Å². The van der Waals surface area contributed by atoms with E-state index in [0.717, 1.165) is 41.3 Å². The molecule has 2 fully saturated rings. The van der Waals surface area contributed by atoms with Gasteiger partial charge in [-0.15, -0.1) is 0 Å². The third-order valence-electron chi connectivity index (χ3n) is 7.58. The molecular formula is C26H28BBrNO2S. The van der Waals surface area contributed by atoms with Gasteiger partial charge < -0.3 is 0 Å². The summed E-state index contributed by atoms with van der Waals surface area (Å²) in [6.45, 7) is 0. The Morgan fingerprint density at radius 1 is 0.812 bits per heavy atom. The number of carbonyl (C=O) groups excluding carboxylic acids is 2. The molecule has 4 unspecified atom stereocenters. The summed E-state index contributed by atoms with van der Waals surface area (Å²) in [6.07, 6.45) is 9.45. The summed E-state index contributed by atoms with van der Waals surface area (Å²) in [7, 11) is 4.34. The molecule has 1 radical (unpaired) electrons. The maximum atomic E-state index is 12.2. The van der Waals surface area contributed by atoms with E-state index in [0.29, 0.717) is 35.2 Å². The zero-order valence-corrected chi connectivity index (χ0v) is 20.7. The van der Waals surface area contributed by atoms with Gasteiger partial charge in [-0.05, 0) is 73.6 Å². The molecule has 4 aliphatic rings. The second-order valence-corrected chi connectivity index (χ2v) is 10.5. The second-order valence-electron chi connectivity index (χ2n) is 9.31. The van der Waals surface area contributed by atoms with Crippen molar-refractivity contribution in [2.24, 2.45) is 28.0 Å². The van der Waals surface area contributed by atoms with Gasteiger partial charge in [-0.2, -0.15) is 0 Å². The number of Topliss-reactive ketones (excluding diaryl/α,β-unsaturated/α-hetero) is 2. The van der Waals surface area contributed by atoms with E-state index in [2.05, 4.69) is 52.8 Å². The molecule has 0 aliphatic heterocycles. The summed E-state index contributed by atoms with van der Waals surface area (Å²) in [4.78, 5) is 24.3. The molecule has 0 N–H and O–H groups in total. The molecule has 6 heteroatoms. The first-order valence-corrected chi connectivity index (χ1v) is 12.7. The number of thiol groups is 1. The minimum atomic E-state index is 0.326. The van der Waals surface area contributed by atoms with Crippen LogP contribution in [0.25, 0.3) is 0 Å². The van der Waals surface area contributed by atoms with Gasteiger partial charge >= 0.3 is 24.8 Å². The number of fused-ring (bicyclic) bond motifs is 4. The van der Waals surface area contributed by atoms with Gasteiger partial charge in [-0.1, -0.05) is 59.1 Å². The van der Waals surface area contributed by atoms with Gasteiger partial charge in [0.05, 0.1) is 0 Å². The number of benzene rings is 2. The van der Waals surface area contributed by atoms with Crippen molar-refractivity contribution in [1.82, 2.24) is 0 Å². The number of ketones is 2. The van der Waals surface area contributed by atoms with Crippen LogP contribution in [0.5, 0.6) is 0 Å². The zero-order chi connectivity index (χ0) is 22.7. The number of halogens is 1. The Hall–Kier alpha value is -1.53.